The Morgan fingerprint density at radius 3 is 2.89 bits per heavy atom. The zero-order valence-corrected chi connectivity index (χ0v) is 16.4. The van der Waals surface area contributed by atoms with E-state index < -0.39 is 0 Å². The van der Waals surface area contributed by atoms with E-state index in [1.165, 1.54) is 45.0 Å². The maximum Gasteiger partial charge on any atom is 0.191 e. The van der Waals surface area contributed by atoms with Gasteiger partial charge >= 0.3 is 0 Å². The van der Waals surface area contributed by atoms with E-state index in [9.17, 15) is 4.39 Å². The van der Waals surface area contributed by atoms with E-state index in [1.54, 1.807) is 12.1 Å². The van der Waals surface area contributed by atoms with E-state index in [-0.39, 0.29) is 5.82 Å². The maximum absolute atomic E-state index is 13.5. The van der Waals surface area contributed by atoms with Crippen molar-refractivity contribution in [3.63, 3.8) is 0 Å². The standard InChI is InChI=1S/C21H32FN5/c1-2-23-21(24-10-3-4-12-27-13-5-6-14-27)25-11-9-17-16-26-20-8-7-18(22)15-19(17)20/h7-8,15-16,26H,2-6,9-14H2,1H3,(H2,23,24,25). The predicted molar refractivity (Wildman–Crippen MR) is 111 cm³/mol. The summed E-state index contributed by atoms with van der Waals surface area (Å²) in [5.74, 6) is 0.671. The number of aromatic amines is 1. The molecule has 1 fully saturated rings. The summed E-state index contributed by atoms with van der Waals surface area (Å²) < 4.78 is 13.5. The molecule has 1 aromatic heterocycles. The minimum absolute atomic E-state index is 0.194. The number of hydrogen-bond acceptors (Lipinski definition) is 2. The summed E-state index contributed by atoms with van der Waals surface area (Å²) in [7, 11) is 0. The smallest absolute Gasteiger partial charge is 0.191 e. The van der Waals surface area contributed by atoms with Crippen molar-refractivity contribution < 1.29 is 4.39 Å². The third-order valence-electron chi connectivity index (χ3n) is 5.11. The molecule has 0 amide bonds. The molecule has 1 aliphatic heterocycles. The first kappa shape index (κ1) is 19.7. The van der Waals surface area contributed by atoms with Gasteiger partial charge in [0.15, 0.2) is 5.96 Å². The molecule has 27 heavy (non-hydrogen) atoms. The summed E-state index contributed by atoms with van der Waals surface area (Å²) in [6.07, 6.45) is 7.83. The monoisotopic (exact) mass is 373 g/mol. The van der Waals surface area contributed by atoms with Crippen LogP contribution in [0.4, 0.5) is 4.39 Å². The van der Waals surface area contributed by atoms with Crippen molar-refractivity contribution in [2.45, 2.75) is 39.0 Å². The molecule has 3 N–H and O–H groups in total. The average molecular weight is 374 g/mol. The molecule has 1 saturated heterocycles. The van der Waals surface area contributed by atoms with Gasteiger partial charge in [0.1, 0.15) is 5.82 Å². The molecule has 2 heterocycles. The van der Waals surface area contributed by atoms with Gasteiger partial charge in [-0.2, -0.15) is 0 Å². The number of H-pyrrole nitrogens is 1. The summed E-state index contributed by atoms with van der Waals surface area (Å²) in [6.45, 7) is 8.28. The maximum atomic E-state index is 13.5. The van der Waals surface area contributed by atoms with Crippen LogP contribution in [-0.4, -0.2) is 55.1 Å². The molecular weight excluding hydrogens is 341 g/mol. The minimum atomic E-state index is -0.194. The number of hydrogen-bond donors (Lipinski definition) is 3. The lowest BCUT2D eigenvalue weighted by molar-refractivity contribution is 0.331. The Balaban J connectivity index is 1.42. The molecule has 1 aromatic carbocycles. The molecule has 3 rings (SSSR count). The molecule has 6 heteroatoms. The van der Waals surface area contributed by atoms with Crippen LogP contribution >= 0.6 is 0 Å². The second-order valence-electron chi connectivity index (χ2n) is 7.20. The zero-order chi connectivity index (χ0) is 18.9. The van der Waals surface area contributed by atoms with E-state index in [1.807, 2.05) is 6.20 Å². The van der Waals surface area contributed by atoms with Gasteiger partial charge in [-0.15, -0.1) is 0 Å². The van der Waals surface area contributed by atoms with Crippen LogP contribution < -0.4 is 10.6 Å². The highest BCUT2D eigenvalue weighted by atomic mass is 19.1. The highest BCUT2D eigenvalue weighted by Gasteiger charge is 2.10. The lowest BCUT2D eigenvalue weighted by Gasteiger charge is -2.14. The molecule has 5 nitrogen and oxygen atoms in total. The van der Waals surface area contributed by atoms with Crippen molar-refractivity contribution in [1.29, 1.82) is 0 Å². The number of nitrogens with zero attached hydrogens (tertiary/aromatic N) is 2. The second-order valence-corrected chi connectivity index (χ2v) is 7.20. The summed E-state index contributed by atoms with van der Waals surface area (Å²) in [4.78, 5) is 10.4. The van der Waals surface area contributed by atoms with Gasteiger partial charge in [-0.3, -0.25) is 4.99 Å². The number of aromatic nitrogens is 1. The quantitative estimate of drug-likeness (QED) is 0.359. The Kier molecular flexibility index (Phi) is 7.51. The van der Waals surface area contributed by atoms with Gasteiger partial charge in [-0.1, -0.05) is 0 Å². The van der Waals surface area contributed by atoms with Crippen molar-refractivity contribution in [3.05, 3.63) is 35.8 Å². The van der Waals surface area contributed by atoms with Crippen molar-refractivity contribution in [3.8, 4) is 0 Å². The van der Waals surface area contributed by atoms with Crippen LogP contribution in [-0.2, 0) is 6.42 Å². The highest BCUT2D eigenvalue weighted by molar-refractivity contribution is 5.83. The first-order valence-corrected chi connectivity index (χ1v) is 10.3. The second kappa shape index (κ2) is 10.3. The van der Waals surface area contributed by atoms with Gasteiger partial charge in [0.2, 0.25) is 0 Å². The molecule has 0 atom stereocenters. The summed E-state index contributed by atoms with van der Waals surface area (Å²) in [5, 5.41) is 7.65. The number of rotatable bonds is 9. The minimum Gasteiger partial charge on any atom is -0.361 e. The van der Waals surface area contributed by atoms with Gasteiger partial charge in [0.25, 0.3) is 0 Å². The van der Waals surface area contributed by atoms with Gasteiger partial charge in [0.05, 0.1) is 0 Å². The van der Waals surface area contributed by atoms with E-state index >= 15 is 0 Å². The molecule has 2 aromatic rings. The van der Waals surface area contributed by atoms with Crippen LogP contribution in [0.1, 0.15) is 38.2 Å². The molecule has 0 bridgehead atoms. The summed E-state index contributed by atoms with van der Waals surface area (Å²) in [5.41, 5.74) is 2.10. The van der Waals surface area contributed by atoms with Crippen molar-refractivity contribution in [1.82, 2.24) is 20.5 Å². The van der Waals surface area contributed by atoms with Crippen LogP contribution in [0, 0.1) is 5.82 Å². The normalized spacial score (nSPS) is 15.6. The highest BCUT2D eigenvalue weighted by Crippen LogP contribution is 2.19. The van der Waals surface area contributed by atoms with Crippen molar-refractivity contribution >= 4 is 16.9 Å². The summed E-state index contributed by atoms with van der Waals surface area (Å²) in [6, 6.07) is 4.87. The van der Waals surface area contributed by atoms with Crippen LogP contribution in [0.5, 0.6) is 0 Å². The third kappa shape index (κ3) is 5.96. The molecule has 148 valence electrons. The van der Waals surface area contributed by atoms with E-state index in [2.05, 4.69) is 32.4 Å². The number of likely N-dealkylation sites (tertiary alicyclic amines) is 1. The summed E-state index contributed by atoms with van der Waals surface area (Å²) >= 11 is 0. The number of benzene rings is 1. The van der Waals surface area contributed by atoms with Gasteiger partial charge in [-0.05, 0) is 82.4 Å². The molecular formula is C21H32FN5. The number of fused-ring (bicyclic) bond motifs is 1. The first-order chi connectivity index (χ1) is 13.3. The lowest BCUT2D eigenvalue weighted by Crippen LogP contribution is -2.38. The molecule has 0 saturated carbocycles. The molecule has 0 unspecified atom stereocenters. The van der Waals surface area contributed by atoms with Crippen LogP contribution in [0.25, 0.3) is 10.9 Å². The Labute approximate surface area is 161 Å². The number of nitrogens with one attached hydrogen (secondary N) is 3. The van der Waals surface area contributed by atoms with Gasteiger partial charge in [0, 0.05) is 36.7 Å². The predicted octanol–water partition coefficient (Wildman–Crippen LogP) is 3.28. The van der Waals surface area contributed by atoms with E-state index in [4.69, 9.17) is 0 Å². The topological polar surface area (TPSA) is 55.5 Å². The largest absolute Gasteiger partial charge is 0.361 e. The number of unbranched alkanes of at least 4 members (excludes halogenated alkanes) is 1. The third-order valence-corrected chi connectivity index (χ3v) is 5.11. The first-order valence-electron chi connectivity index (χ1n) is 10.3. The Hall–Kier alpha value is -2.08. The molecule has 0 aliphatic carbocycles. The molecule has 1 aliphatic rings. The Morgan fingerprint density at radius 1 is 1.22 bits per heavy atom. The van der Waals surface area contributed by atoms with Gasteiger partial charge < -0.3 is 20.5 Å². The Bertz CT molecular complexity index is 733. The number of guanidine groups is 1. The van der Waals surface area contributed by atoms with Crippen molar-refractivity contribution in [2.75, 3.05) is 39.3 Å². The number of halogens is 1. The van der Waals surface area contributed by atoms with Gasteiger partial charge in [-0.25, -0.2) is 4.39 Å². The fourth-order valence-electron chi connectivity index (χ4n) is 3.66. The fraction of sp³-hybridized carbons (Fsp3) is 0.571. The Morgan fingerprint density at radius 2 is 2.07 bits per heavy atom. The zero-order valence-electron chi connectivity index (χ0n) is 16.4. The van der Waals surface area contributed by atoms with Crippen LogP contribution in [0.3, 0.4) is 0 Å². The van der Waals surface area contributed by atoms with Crippen LogP contribution in [0.15, 0.2) is 29.4 Å². The number of aliphatic imine (C=N–C) groups is 1. The SMILES string of the molecule is CCNC(=NCCCCN1CCCC1)NCCc1c[nH]c2ccc(F)cc12. The molecule has 0 radical (unpaired) electrons. The molecule has 0 spiro atoms. The van der Waals surface area contributed by atoms with Crippen LogP contribution in [0.2, 0.25) is 0 Å². The van der Waals surface area contributed by atoms with E-state index in [0.29, 0.717) is 0 Å². The van der Waals surface area contributed by atoms with E-state index in [0.717, 1.165) is 54.9 Å². The van der Waals surface area contributed by atoms with Crippen molar-refractivity contribution in [2.24, 2.45) is 4.99 Å². The fourth-order valence-corrected chi connectivity index (χ4v) is 3.66. The average Bonchev–Trinajstić information content (AvgIpc) is 3.31. The lowest BCUT2D eigenvalue weighted by atomic mass is 10.1.